The van der Waals surface area contributed by atoms with Crippen LogP contribution in [0.1, 0.15) is 53.4 Å². The summed E-state index contributed by atoms with van der Waals surface area (Å²) in [4.78, 5) is 2.56. The summed E-state index contributed by atoms with van der Waals surface area (Å²) < 4.78 is 0. The average Bonchev–Trinajstić information content (AvgIpc) is 2.36. The molecule has 0 bridgehead atoms. The number of hydrogen-bond donors (Lipinski definition) is 1. The van der Waals surface area contributed by atoms with Crippen LogP contribution < -0.4 is 5.32 Å². The van der Waals surface area contributed by atoms with Crippen molar-refractivity contribution >= 4 is 11.8 Å². The molecular weight excluding hydrogens is 252 g/mol. The Kier molecular flexibility index (Phi) is 11.1. The molecule has 0 saturated carbocycles. The fraction of sp³-hybridized carbons (Fsp3) is 1.00. The minimum absolute atomic E-state index is 0.409. The van der Waals surface area contributed by atoms with Crippen molar-refractivity contribution in [3.8, 4) is 0 Å². The SMILES string of the molecule is CCCNCC(C)(CCC)CN(C)C(C)CCSC. The van der Waals surface area contributed by atoms with Gasteiger partial charge in [-0.25, -0.2) is 0 Å². The van der Waals surface area contributed by atoms with Gasteiger partial charge in [0.15, 0.2) is 0 Å². The summed E-state index contributed by atoms with van der Waals surface area (Å²) in [7, 11) is 2.29. The molecule has 1 N–H and O–H groups in total. The first-order valence-corrected chi connectivity index (χ1v) is 9.28. The van der Waals surface area contributed by atoms with Gasteiger partial charge < -0.3 is 10.2 Å². The quantitative estimate of drug-likeness (QED) is 0.549. The molecule has 0 radical (unpaired) electrons. The lowest BCUT2D eigenvalue weighted by Crippen LogP contribution is -2.44. The topological polar surface area (TPSA) is 15.3 Å². The summed E-state index contributed by atoms with van der Waals surface area (Å²) in [5.74, 6) is 1.27. The second-order valence-corrected chi connectivity index (χ2v) is 7.27. The molecule has 0 rings (SSSR count). The highest BCUT2D eigenvalue weighted by atomic mass is 32.2. The zero-order valence-corrected chi connectivity index (χ0v) is 14.9. The Morgan fingerprint density at radius 1 is 1.26 bits per heavy atom. The lowest BCUT2D eigenvalue weighted by atomic mass is 9.84. The number of thioether (sulfide) groups is 1. The third-order valence-electron chi connectivity index (χ3n) is 3.96. The van der Waals surface area contributed by atoms with Gasteiger partial charge >= 0.3 is 0 Å². The molecule has 0 spiro atoms. The zero-order chi connectivity index (χ0) is 14.7. The summed E-state index contributed by atoms with van der Waals surface area (Å²) in [5.41, 5.74) is 0.409. The van der Waals surface area contributed by atoms with Crippen LogP contribution in [0, 0.1) is 5.41 Å². The van der Waals surface area contributed by atoms with Gasteiger partial charge in [0, 0.05) is 19.1 Å². The molecule has 116 valence electrons. The van der Waals surface area contributed by atoms with Crippen LogP contribution >= 0.6 is 11.8 Å². The van der Waals surface area contributed by atoms with Crippen molar-refractivity contribution in [2.24, 2.45) is 5.41 Å². The van der Waals surface area contributed by atoms with Crippen LogP contribution in [0.5, 0.6) is 0 Å². The molecule has 2 unspecified atom stereocenters. The number of rotatable bonds is 12. The second-order valence-electron chi connectivity index (χ2n) is 6.28. The van der Waals surface area contributed by atoms with Gasteiger partial charge in [0.05, 0.1) is 0 Å². The van der Waals surface area contributed by atoms with E-state index < -0.39 is 0 Å². The number of nitrogens with one attached hydrogen (secondary N) is 1. The van der Waals surface area contributed by atoms with Crippen molar-refractivity contribution < 1.29 is 0 Å². The maximum absolute atomic E-state index is 3.62. The van der Waals surface area contributed by atoms with Crippen molar-refractivity contribution in [2.75, 3.05) is 38.7 Å². The Bertz CT molecular complexity index is 211. The third-order valence-corrected chi connectivity index (χ3v) is 4.60. The lowest BCUT2D eigenvalue weighted by molar-refractivity contribution is 0.140. The van der Waals surface area contributed by atoms with Crippen molar-refractivity contribution in [2.45, 2.75) is 59.4 Å². The third kappa shape index (κ3) is 8.93. The minimum atomic E-state index is 0.409. The molecule has 2 nitrogen and oxygen atoms in total. The summed E-state index contributed by atoms with van der Waals surface area (Å²) in [5, 5.41) is 3.62. The second kappa shape index (κ2) is 11.0. The summed E-state index contributed by atoms with van der Waals surface area (Å²) in [6, 6.07) is 0.690. The van der Waals surface area contributed by atoms with Crippen LogP contribution in [-0.2, 0) is 0 Å². The van der Waals surface area contributed by atoms with Crippen LogP contribution in [0.3, 0.4) is 0 Å². The molecule has 0 aliphatic rings. The van der Waals surface area contributed by atoms with Crippen molar-refractivity contribution in [3.63, 3.8) is 0 Å². The van der Waals surface area contributed by atoms with E-state index in [9.17, 15) is 0 Å². The van der Waals surface area contributed by atoms with Crippen LogP contribution in [-0.4, -0.2) is 49.6 Å². The molecule has 0 amide bonds. The van der Waals surface area contributed by atoms with E-state index in [4.69, 9.17) is 0 Å². The molecule has 19 heavy (non-hydrogen) atoms. The first-order valence-electron chi connectivity index (χ1n) is 7.89. The normalized spacial score (nSPS) is 16.6. The van der Waals surface area contributed by atoms with E-state index in [1.165, 1.54) is 38.0 Å². The highest BCUT2D eigenvalue weighted by Gasteiger charge is 2.26. The molecule has 0 heterocycles. The molecular formula is C16H36N2S. The Hall–Kier alpha value is 0.270. The van der Waals surface area contributed by atoms with Gasteiger partial charge in [0.1, 0.15) is 0 Å². The fourth-order valence-corrected chi connectivity index (χ4v) is 3.24. The molecule has 0 saturated heterocycles. The molecule has 2 atom stereocenters. The largest absolute Gasteiger partial charge is 0.316 e. The van der Waals surface area contributed by atoms with Crippen LogP contribution in [0.4, 0.5) is 0 Å². The minimum Gasteiger partial charge on any atom is -0.316 e. The van der Waals surface area contributed by atoms with Gasteiger partial charge in [-0.1, -0.05) is 27.2 Å². The van der Waals surface area contributed by atoms with Crippen molar-refractivity contribution in [3.05, 3.63) is 0 Å². The summed E-state index contributed by atoms with van der Waals surface area (Å²) >= 11 is 1.95. The van der Waals surface area contributed by atoms with Gasteiger partial charge in [-0.3, -0.25) is 0 Å². The first kappa shape index (κ1) is 19.3. The predicted octanol–water partition coefficient (Wildman–Crippen LogP) is 3.87. The highest BCUT2D eigenvalue weighted by Crippen LogP contribution is 2.25. The average molecular weight is 289 g/mol. The van der Waals surface area contributed by atoms with E-state index in [-0.39, 0.29) is 0 Å². The molecule has 3 heteroatoms. The first-order chi connectivity index (χ1) is 8.99. The van der Waals surface area contributed by atoms with E-state index in [2.05, 4.69) is 51.2 Å². The maximum atomic E-state index is 3.62. The standard InChI is InChI=1S/C16H36N2S/c1-7-10-16(4,13-17-11-8-2)14-18(5)15(3)9-12-19-6/h15,17H,7-14H2,1-6H3. The molecule has 0 aromatic carbocycles. The molecule has 0 fully saturated rings. The van der Waals surface area contributed by atoms with Crippen LogP contribution in [0.25, 0.3) is 0 Å². The summed E-state index contributed by atoms with van der Waals surface area (Å²) in [6.07, 6.45) is 7.30. The van der Waals surface area contributed by atoms with Gasteiger partial charge in [-0.15, -0.1) is 0 Å². The Labute approximate surface area is 126 Å². The van der Waals surface area contributed by atoms with E-state index in [1.54, 1.807) is 0 Å². The molecule has 0 aliphatic heterocycles. The number of hydrogen-bond acceptors (Lipinski definition) is 3. The van der Waals surface area contributed by atoms with Crippen LogP contribution in [0.15, 0.2) is 0 Å². The number of nitrogens with zero attached hydrogens (tertiary/aromatic N) is 1. The Morgan fingerprint density at radius 2 is 1.95 bits per heavy atom. The smallest absolute Gasteiger partial charge is 0.00719 e. The lowest BCUT2D eigenvalue weighted by Gasteiger charge is -2.37. The Morgan fingerprint density at radius 3 is 2.47 bits per heavy atom. The highest BCUT2D eigenvalue weighted by molar-refractivity contribution is 7.98. The van der Waals surface area contributed by atoms with Gasteiger partial charge in [0.2, 0.25) is 0 Å². The van der Waals surface area contributed by atoms with Crippen LogP contribution in [0.2, 0.25) is 0 Å². The zero-order valence-electron chi connectivity index (χ0n) is 14.1. The fourth-order valence-electron chi connectivity index (χ4n) is 2.66. The molecule has 0 aliphatic carbocycles. The van der Waals surface area contributed by atoms with Gasteiger partial charge in [-0.2, -0.15) is 11.8 Å². The predicted molar refractivity (Wildman–Crippen MR) is 91.3 cm³/mol. The Balaban J connectivity index is 4.28. The van der Waals surface area contributed by atoms with Gasteiger partial charge in [0.25, 0.3) is 0 Å². The van der Waals surface area contributed by atoms with E-state index in [0.717, 1.165) is 13.1 Å². The maximum Gasteiger partial charge on any atom is 0.00719 e. The van der Waals surface area contributed by atoms with Crippen molar-refractivity contribution in [1.29, 1.82) is 0 Å². The molecule has 0 aromatic rings. The van der Waals surface area contributed by atoms with E-state index in [0.29, 0.717) is 11.5 Å². The van der Waals surface area contributed by atoms with Gasteiger partial charge in [-0.05, 0) is 57.2 Å². The molecule has 0 aromatic heterocycles. The van der Waals surface area contributed by atoms with E-state index >= 15 is 0 Å². The van der Waals surface area contributed by atoms with E-state index in [1.807, 2.05) is 11.8 Å². The van der Waals surface area contributed by atoms with Crippen molar-refractivity contribution in [1.82, 2.24) is 10.2 Å². The summed E-state index contributed by atoms with van der Waals surface area (Å²) in [6.45, 7) is 12.8. The monoisotopic (exact) mass is 288 g/mol.